The maximum absolute atomic E-state index is 5.78. The molecule has 0 amide bonds. The Morgan fingerprint density at radius 1 is 1.54 bits per heavy atom. The summed E-state index contributed by atoms with van der Waals surface area (Å²) in [6.45, 7) is 5.30. The Hall–Kier alpha value is 0.210. The molecule has 1 saturated heterocycles. The van der Waals surface area contributed by atoms with Gasteiger partial charge in [-0.1, -0.05) is 0 Å². The third-order valence-electron chi connectivity index (χ3n) is 2.79. The van der Waals surface area contributed by atoms with Gasteiger partial charge < -0.3 is 4.74 Å². The summed E-state index contributed by atoms with van der Waals surface area (Å²) in [5.74, 6) is 0.693. The Morgan fingerprint density at radius 3 is 2.69 bits per heavy atom. The fourth-order valence-corrected chi connectivity index (χ4v) is 1.87. The molecule has 3 unspecified atom stereocenters. The first-order chi connectivity index (χ1) is 6.13. The van der Waals surface area contributed by atoms with Crippen LogP contribution in [0, 0.1) is 0 Å². The summed E-state index contributed by atoms with van der Waals surface area (Å²) in [5, 5.41) is 0. The van der Waals surface area contributed by atoms with E-state index < -0.39 is 0 Å². The van der Waals surface area contributed by atoms with Crippen LogP contribution < -0.4 is 0 Å². The molecule has 1 aliphatic rings. The van der Waals surface area contributed by atoms with Crippen LogP contribution in [0.3, 0.4) is 0 Å². The highest BCUT2D eigenvalue weighted by molar-refractivity contribution is 6.18. The van der Waals surface area contributed by atoms with Crippen molar-refractivity contribution < 1.29 is 4.74 Å². The standard InChI is InChI=1S/C10H20ClNO/c1-8(6-11)12(3)7-10-5-4-9(2)13-10/h8-10H,4-7H2,1-3H3. The average molecular weight is 206 g/mol. The fraction of sp³-hybridized carbons (Fsp3) is 1.00. The first kappa shape index (κ1) is 11.3. The minimum Gasteiger partial charge on any atom is -0.374 e. The molecular formula is C10H20ClNO. The molecule has 0 spiro atoms. The molecular weight excluding hydrogens is 186 g/mol. The molecule has 13 heavy (non-hydrogen) atoms. The van der Waals surface area contributed by atoms with Gasteiger partial charge >= 0.3 is 0 Å². The van der Waals surface area contributed by atoms with Crippen LogP contribution in [0.5, 0.6) is 0 Å². The maximum Gasteiger partial charge on any atom is 0.0706 e. The Morgan fingerprint density at radius 2 is 2.23 bits per heavy atom. The smallest absolute Gasteiger partial charge is 0.0706 e. The zero-order valence-electron chi connectivity index (χ0n) is 8.79. The molecule has 1 fully saturated rings. The highest BCUT2D eigenvalue weighted by Crippen LogP contribution is 2.20. The van der Waals surface area contributed by atoms with Gasteiger partial charge in [-0.25, -0.2) is 0 Å². The average Bonchev–Trinajstić information content (AvgIpc) is 2.49. The molecule has 3 atom stereocenters. The topological polar surface area (TPSA) is 12.5 Å². The minimum atomic E-state index is 0.422. The van der Waals surface area contributed by atoms with Crippen LogP contribution in [0.1, 0.15) is 26.7 Å². The van der Waals surface area contributed by atoms with E-state index >= 15 is 0 Å². The van der Waals surface area contributed by atoms with Gasteiger partial charge in [0.1, 0.15) is 0 Å². The van der Waals surface area contributed by atoms with Gasteiger partial charge in [-0.2, -0.15) is 0 Å². The number of likely N-dealkylation sites (N-methyl/N-ethyl adjacent to an activating group) is 1. The zero-order valence-corrected chi connectivity index (χ0v) is 9.55. The minimum absolute atomic E-state index is 0.422. The number of ether oxygens (including phenoxy) is 1. The van der Waals surface area contributed by atoms with Gasteiger partial charge in [-0.3, -0.25) is 4.90 Å². The first-order valence-corrected chi connectivity index (χ1v) is 5.58. The van der Waals surface area contributed by atoms with Gasteiger partial charge in [0.15, 0.2) is 0 Å². The lowest BCUT2D eigenvalue weighted by molar-refractivity contribution is 0.0314. The van der Waals surface area contributed by atoms with Gasteiger partial charge in [0.25, 0.3) is 0 Å². The monoisotopic (exact) mass is 205 g/mol. The molecule has 2 nitrogen and oxygen atoms in total. The first-order valence-electron chi connectivity index (χ1n) is 5.05. The van der Waals surface area contributed by atoms with E-state index in [-0.39, 0.29) is 0 Å². The molecule has 3 heteroatoms. The molecule has 0 aromatic rings. The van der Waals surface area contributed by atoms with Crippen LogP contribution in [-0.4, -0.2) is 42.6 Å². The lowest BCUT2D eigenvalue weighted by Crippen LogP contribution is -2.36. The van der Waals surface area contributed by atoms with E-state index in [1.54, 1.807) is 0 Å². The third kappa shape index (κ3) is 3.45. The highest BCUT2D eigenvalue weighted by atomic mass is 35.5. The second kappa shape index (κ2) is 5.18. The van der Waals surface area contributed by atoms with E-state index in [9.17, 15) is 0 Å². The molecule has 78 valence electrons. The molecule has 0 saturated carbocycles. The second-order valence-corrected chi connectivity index (χ2v) is 4.40. The molecule has 1 rings (SSSR count). The number of halogens is 1. The second-order valence-electron chi connectivity index (χ2n) is 4.09. The van der Waals surface area contributed by atoms with Crippen molar-refractivity contribution in [3.63, 3.8) is 0 Å². The summed E-state index contributed by atoms with van der Waals surface area (Å²) in [4.78, 5) is 2.27. The van der Waals surface area contributed by atoms with Crippen LogP contribution in [-0.2, 0) is 4.74 Å². The van der Waals surface area contributed by atoms with E-state index in [4.69, 9.17) is 16.3 Å². The quantitative estimate of drug-likeness (QED) is 0.652. The van der Waals surface area contributed by atoms with Crippen molar-refractivity contribution in [2.75, 3.05) is 19.5 Å². The number of alkyl halides is 1. The van der Waals surface area contributed by atoms with Gasteiger partial charge in [-0.15, -0.1) is 11.6 Å². The Bertz CT molecular complexity index is 154. The van der Waals surface area contributed by atoms with Crippen molar-refractivity contribution in [3.8, 4) is 0 Å². The molecule has 0 radical (unpaired) electrons. The zero-order chi connectivity index (χ0) is 9.84. The fourth-order valence-electron chi connectivity index (χ4n) is 1.64. The van der Waals surface area contributed by atoms with E-state index in [0.717, 1.165) is 6.54 Å². The van der Waals surface area contributed by atoms with E-state index in [1.807, 2.05) is 0 Å². The SMILES string of the molecule is CC1CCC(CN(C)C(C)CCl)O1. The van der Waals surface area contributed by atoms with E-state index in [1.165, 1.54) is 12.8 Å². The maximum atomic E-state index is 5.78. The van der Waals surface area contributed by atoms with Gasteiger partial charge in [0.2, 0.25) is 0 Å². The molecule has 0 aliphatic carbocycles. The summed E-state index contributed by atoms with van der Waals surface area (Å²) in [5.41, 5.74) is 0. The molecule has 1 heterocycles. The lowest BCUT2D eigenvalue weighted by atomic mass is 10.2. The van der Waals surface area contributed by atoms with Crippen LogP contribution in [0.25, 0.3) is 0 Å². The van der Waals surface area contributed by atoms with Crippen LogP contribution in [0.4, 0.5) is 0 Å². The van der Waals surface area contributed by atoms with Crippen LogP contribution in [0.15, 0.2) is 0 Å². The van der Waals surface area contributed by atoms with Gasteiger partial charge in [0, 0.05) is 18.5 Å². The van der Waals surface area contributed by atoms with Crippen molar-refractivity contribution >= 4 is 11.6 Å². The number of hydrogen-bond donors (Lipinski definition) is 0. The predicted octanol–water partition coefficient (Wildman–Crippen LogP) is 2.11. The summed E-state index contributed by atoms with van der Waals surface area (Å²) in [7, 11) is 2.11. The van der Waals surface area contributed by atoms with E-state index in [0.29, 0.717) is 24.1 Å². The summed E-state index contributed by atoms with van der Waals surface area (Å²) in [6, 6.07) is 0.446. The summed E-state index contributed by atoms with van der Waals surface area (Å²) < 4.78 is 5.74. The largest absolute Gasteiger partial charge is 0.374 e. The lowest BCUT2D eigenvalue weighted by Gasteiger charge is -2.25. The van der Waals surface area contributed by atoms with Gasteiger partial charge in [-0.05, 0) is 33.7 Å². The molecule has 0 aromatic carbocycles. The number of nitrogens with zero attached hydrogens (tertiary/aromatic N) is 1. The predicted molar refractivity (Wildman–Crippen MR) is 56.4 cm³/mol. The Balaban J connectivity index is 2.24. The third-order valence-corrected chi connectivity index (χ3v) is 3.23. The highest BCUT2D eigenvalue weighted by Gasteiger charge is 2.23. The molecule has 0 N–H and O–H groups in total. The number of rotatable bonds is 4. The van der Waals surface area contributed by atoms with Crippen molar-refractivity contribution in [3.05, 3.63) is 0 Å². The van der Waals surface area contributed by atoms with Crippen molar-refractivity contribution in [1.82, 2.24) is 4.90 Å². The van der Waals surface area contributed by atoms with Crippen molar-refractivity contribution in [2.24, 2.45) is 0 Å². The number of hydrogen-bond acceptors (Lipinski definition) is 2. The van der Waals surface area contributed by atoms with E-state index in [2.05, 4.69) is 25.8 Å². The van der Waals surface area contributed by atoms with Crippen LogP contribution >= 0.6 is 11.6 Å². The summed E-state index contributed by atoms with van der Waals surface area (Å²) >= 11 is 5.78. The molecule has 0 aromatic heterocycles. The molecule has 1 aliphatic heterocycles. The van der Waals surface area contributed by atoms with Gasteiger partial charge in [0.05, 0.1) is 12.2 Å². The van der Waals surface area contributed by atoms with Crippen molar-refractivity contribution in [1.29, 1.82) is 0 Å². The summed E-state index contributed by atoms with van der Waals surface area (Å²) in [6.07, 6.45) is 3.27. The Kier molecular flexibility index (Phi) is 4.50. The normalized spacial score (nSPS) is 31.2. The van der Waals surface area contributed by atoms with Crippen LogP contribution in [0.2, 0.25) is 0 Å². The Labute approximate surface area is 86.2 Å². The van der Waals surface area contributed by atoms with Crippen molar-refractivity contribution in [2.45, 2.75) is 44.9 Å². The molecule has 0 bridgehead atoms.